The van der Waals surface area contributed by atoms with Crippen molar-refractivity contribution in [3.05, 3.63) is 52.6 Å². The zero-order chi connectivity index (χ0) is 14.5. The van der Waals surface area contributed by atoms with Crippen molar-refractivity contribution in [2.75, 3.05) is 5.32 Å². The number of carbonyl (C=O) groups excluding carboxylic acids is 1. The lowest BCUT2D eigenvalue weighted by Crippen LogP contribution is -2.22. The van der Waals surface area contributed by atoms with Gasteiger partial charge in [0.2, 0.25) is 5.91 Å². The van der Waals surface area contributed by atoms with Gasteiger partial charge in [-0.1, -0.05) is 41.0 Å². The number of carbonyl (C=O) groups is 1. The Morgan fingerprint density at radius 1 is 1.30 bits per heavy atom. The summed E-state index contributed by atoms with van der Waals surface area (Å²) in [5.74, 6) is -0.134. The molecule has 6 heteroatoms. The van der Waals surface area contributed by atoms with Gasteiger partial charge in [-0.3, -0.25) is 4.79 Å². The van der Waals surface area contributed by atoms with Crippen LogP contribution in [0.15, 0.2) is 47.6 Å². The first-order valence-electron chi connectivity index (χ1n) is 5.90. The Bertz CT molecular complexity index is 607. The summed E-state index contributed by atoms with van der Waals surface area (Å²) < 4.78 is 0. The van der Waals surface area contributed by atoms with Crippen LogP contribution in [-0.2, 0) is 4.79 Å². The lowest BCUT2D eigenvalue weighted by Gasteiger charge is -2.12. The molecule has 1 atom stereocenters. The van der Waals surface area contributed by atoms with E-state index >= 15 is 0 Å². The minimum Gasteiger partial charge on any atom is -0.324 e. The Kier molecular flexibility index (Phi) is 5.29. The predicted molar refractivity (Wildman–Crippen MR) is 84.6 cm³/mol. The molecule has 3 nitrogen and oxygen atoms in total. The molecule has 0 saturated carbocycles. The van der Waals surface area contributed by atoms with Crippen LogP contribution in [0.5, 0.6) is 0 Å². The molecule has 0 aliphatic carbocycles. The number of anilines is 1. The predicted octanol–water partition coefficient (Wildman–Crippen LogP) is 4.51. The molecule has 0 bridgehead atoms. The summed E-state index contributed by atoms with van der Waals surface area (Å²) in [6, 6.07) is 10.5. The van der Waals surface area contributed by atoms with Crippen LogP contribution >= 0.6 is 35.0 Å². The number of amides is 1. The fourth-order valence-corrected chi connectivity index (χ4v) is 2.74. The third-order valence-corrected chi connectivity index (χ3v) is 4.09. The fraction of sp³-hybridized carbons (Fsp3) is 0.143. The standard InChI is InChI=1S/C14H12Cl2N2OS/c1-9(20-13-4-2-3-7-17-13)14(19)18-12-6-5-10(15)8-11(12)16/h2-9H,1H3,(H,18,19)/t9-/m1/s1. The summed E-state index contributed by atoms with van der Waals surface area (Å²) in [4.78, 5) is 16.3. The lowest BCUT2D eigenvalue weighted by molar-refractivity contribution is -0.115. The van der Waals surface area contributed by atoms with Crippen LogP contribution in [0, 0.1) is 0 Å². The number of nitrogens with one attached hydrogen (secondary N) is 1. The number of halogens is 2. The first-order chi connectivity index (χ1) is 9.56. The molecular formula is C14H12Cl2N2OS. The Hall–Kier alpha value is -1.23. The average Bonchev–Trinajstić information content (AvgIpc) is 2.43. The molecule has 1 aromatic carbocycles. The summed E-state index contributed by atoms with van der Waals surface area (Å²) in [5.41, 5.74) is 0.550. The first kappa shape index (κ1) is 15.2. The highest BCUT2D eigenvalue weighted by Crippen LogP contribution is 2.27. The van der Waals surface area contributed by atoms with Gasteiger partial charge >= 0.3 is 0 Å². The molecule has 20 heavy (non-hydrogen) atoms. The molecule has 2 aromatic rings. The largest absolute Gasteiger partial charge is 0.324 e. The van der Waals surface area contributed by atoms with Crippen molar-refractivity contribution in [3.63, 3.8) is 0 Å². The Balaban J connectivity index is 2.01. The van der Waals surface area contributed by atoms with Gasteiger partial charge in [0.05, 0.1) is 21.0 Å². The van der Waals surface area contributed by atoms with Gasteiger partial charge in [0, 0.05) is 11.2 Å². The highest BCUT2D eigenvalue weighted by Gasteiger charge is 2.16. The Labute approximate surface area is 131 Å². The lowest BCUT2D eigenvalue weighted by atomic mass is 10.3. The number of thioether (sulfide) groups is 1. The van der Waals surface area contributed by atoms with E-state index in [0.29, 0.717) is 15.7 Å². The van der Waals surface area contributed by atoms with Crippen molar-refractivity contribution in [3.8, 4) is 0 Å². The smallest absolute Gasteiger partial charge is 0.237 e. The van der Waals surface area contributed by atoms with Crippen molar-refractivity contribution in [2.45, 2.75) is 17.2 Å². The van der Waals surface area contributed by atoms with Crippen LogP contribution in [0.4, 0.5) is 5.69 Å². The van der Waals surface area contributed by atoms with E-state index in [0.717, 1.165) is 5.03 Å². The second kappa shape index (κ2) is 6.97. The van der Waals surface area contributed by atoms with Crippen LogP contribution < -0.4 is 5.32 Å². The molecule has 0 aliphatic heterocycles. The highest BCUT2D eigenvalue weighted by molar-refractivity contribution is 8.00. The molecule has 0 radical (unpaired) electrons. The van der Waals surface area contributed by atoms with Crippen LogP contribution in [0.2, 0.25) is 10.0 Å². The molecule has 1 aromatic heterocycles. The van der Waals surface area contributed by atoms with Gasteiger partial charge in [-0.15, -0.1) is 0 Å². The van der Waals surface area contributed by atoms with Gasteiger partial charge in [-0.2, -0.15) is 0 Å². The maximum atomic E-state index is 12.1. The second-order valence-corrected chi connectivity index (χ2v) is 6.25. The van der Waals surface area contributed by atoms with E-state index in [4.69, 9.17) is 23.2 Å². The number of hydrogen-bond donors (Lipinski definition) is 1. The zero-order valence-electron chi connectivity index (χ0n) is 10.6. The minimum absolute atomic E-state index is 0.134. The molecule has 104 valence electrons. The normalized spacial score (nSPS) is 11.9. The third kappa shape index (κ3) is 4.13. The first-order valence-corrected chi connectivity index (χ1v) is 7.53. The maximum absolute atomic E-state index is 12.1. The fourth-order valence-electron chi connectivity index (χ4n) is 1.48. The van der Waals surface area contributed by atoms with Crippen molar-refractivity contribution in [1.82, 2.24) is 4.98 Å². The number of benzene rings is 1. The van der Waals surface area contributed by atoms with E-state index in [9.17, 15) is 4.79 Å². The molecular weight excluding hydrogens is 315 g/mol. The van der Waals surface area contributed by atoms with Gasteiger partial charge in [0.15, 0.2) is 0 Å². The monoisotopic (exact) mass is 326 g/mol. The molecule has 0 fully saturated rings. The summed E-state index contributed by atoms with van der Waals surface area (Å²) in [6.07, 6.45) is 1.70. The molecule has 0 unspecified atom stereocenters. The average molecular weight is 327 g/mol. The summed E-state index contributed by atoms with van der Waals surface area (Å²) in [6.45, 7) is 1.82. The van der Waals surface area contributed by atoms with Crippen molar-refractivity contribution < 1.29 is 4.79 Å². The van der Waals surface area contributed by atoms with Crippen LogP contribution in [0.1, 0.15) is 6.92 Å². The van der Waals surface area contributed by atoms with E-state index < -0.39 is 0 Å². The van der Waals surface area contributed by atoms with Crippen molar-refractivity contribution in [2.24, 2.45) is 0 Å². The van der Waals surface area contributed by atoms with E-state index in [1.807, 2.05) is 25.1 Å². The Morgan fingerprint density at radius 2 is 2.10 bits per heavy atom. The molecule has 1 N–H and O–H groups in total. The summed E-state index contributed by atoms with van der Waals surface area (Å²) >= 11 is 13.2. The zero-order valence-corrected chi connectivity index (χ0v) is 13.0. The van der Waals surface area contributed by atoms with E-state index in [2.05, 4.69) is 10.3 Å². The topological polar surface area (TPSA) is 42.0 Å². The quantitative estimate of drug-likeness (QED) is 0.840. The van der Waals surface area contributed by atoms with Gasteiger partial charge in [-0.05, 0) is 37.3 Å². The molecule has 0 saturated heterocycles. The second-order valence-electron chi connectivity index (χ2n) is 4.04. The summed E-state index contributed by atoms with van der Waals surface area (Å²) in [5, 5.41) is 4.25. The van der Waals surface area contributed by atoms with Crippen molar-refractivity contribution >= 4 is 46.6 Å². The Morgan fingerprint density at radius 3 is 2.75 bits per heavy atom. The summed E-state index contributed by atoms with van der Waals surface area (Å²) in [7, 11) is 0. The van der Waals surface area contributed by atoms with Crippen LogP contribution in [0.3, 0.4) is 0 Å². The molecule has 2 rings (SSSR count). The van der Waals surface area contributed by atoms with Gasteiger partial charge in [0.25, 0.3) is 0 Å². The van der Waals surface area contributed by atoms with Gasteiger partial charge in [0.1, 0.15) is 0 Å². The highest BCUT2D eigenvalue weighted by atomic mass is 35.5. The van der Waals surface area contributed by atoms with Gasteiger partial charge in [-0.25, -0.2) is 4.98 Å². The molecule has 0 aliphatic rings. The van der Waals surface area contributed by atoms with Crippen LogP contribution in [0.25, 0.3) is 0 Å². The molecule has 1 amide bonds. The minimum atomic E-state index is -0.281. The number of hydrogen-bond acceptors (Lipinski definition) is 3. The molecule has 1 heterocycles. The van der Waals surface area contributed by atoms with Crippen molar-refractivity contribution in [1.29, 1.82) is 0 Å². The van der Waals surface area contributed by atoms with Crippen LogP contribution in [-0.4, -0.2) is 16.1 Å². The SMILES string of the molecule is C[C@@H](Sc1ccccn1)C(=O)Nc1ccc(Cl)cc1Cl. The van der Waals surface area contributed by atoms with E-state index in [1.54, 1.807) is 24.4 Å². The maximum Gasteiger partial charge on any atom is 0.237 e. The third-order valence-electron chi connectivity index (χ3n) is 2.49. The van der Waals surface area contributed by atoms with Gasteiger partial charge < -0.3 is 5.32 Å². The number of aromatic nitrogens is 1. The van der Waals surface area contributed by atoms with E-state index in [1.165, 1.54) is 11.8 Å². The van der Waals surface area contributed by atoms with E-state index in [-0.39, 0.29) is 11.2 Å². The number of pyridine rings is 1. The molecule has 0 spiro atoms. The number of rotatable bonds is 4. The number of nitrogens with zero attached hydrogens (tertiary/aromatic N) is 1.